The molecule has 1 heterocycles. The van der Waals surface area contributed by atoms with Gasteiger partial charge in [-0.25, -0.2) is 0 Å². The first-order valence-electron chi connectivity index (χ1n) is 5.24. The Kier molecular flexibility index (Phi) is 2.72. The molecule has 0 spiro atoms. The number of hydrogen-bond acceptors (Lipinski definition) is 2. The lowest BCUT2D eigenvalue weighted by Crippen LogP contribution is -2.20. The molecule has 0 aromatic carbocycles. The van der Waals surface area contributed by atoms with Crippen molar-refractivity contribution in [3.8, 4) is 0 Å². The summed E-state index contributed by atoms with van der Waals surface area (Å²) in [5.74, 6) is 0. The molecule has 4 heteroatoms. The van der Waals surface area contributed by atoms with Crippen molar-refractivity contribution < 1.29 is 5.11 Å². The number of aryl methyl sites for hydroxylation is 2. The molecule has 0 atom stereocenters. The van der Waals surface area contributed by atoms with Gasteiger partial charge in [0.1, 0.15) is 0 Å². The van der Waals surface area contributed by atoms with E-state index in [0.717, 1.165) is 30.5 Å². The standard InChI is InChI=1S/C10H16N2O2/c13-7-3-6-12-10(14)8-4-1-2-5-9(8)11-12/h11,13H,1-7H2. The average Bonchev–Trinajstić information content (AvgIpc) is 2.54. The first-order valence-corrected chi connectivity index (χ1v) is 5.24. The zero-order chi connectivity index (χ0) is 9.97. The highest BCUT2D eigenvalue weighted by molar-refractivity contribution is 5.19. The van der Waals surface area contributed by atoms with Crippen LogP contribution in [0.2, 0.25) is 0 Å². The molecule has 78 valence electrons. The molecule has 0 saturated carbocycles. The van der Waals surface area contributed by atoms with Crippen LogP contribution >= 0.6 is 0 Å². The molecule has 1 aromatic rings. The number of H-pyrrole nitrogens is 1. The SMILES string of the molecule is O=c1c2c([nH]n1CCCO)CCCC2. The van der Waals surface area contributed by atoms with E-state index >= 15 is 0 Å². The van der Waals surface area contributed by atoms with Crippen molar-refractivity contribution in [1.82, 2.24) is 9.78 Å². The van der Waals surface area contributed by atoms with E-state index in [2.05, 4.69) is 5.10 Å². The Morgan fingerprint density at radius 1 is 1.36 bits per heavy atom. The van der Waals surface area contributed by atoms with Crippen LogP contribution in [0.15, 0.2) is 4.79 Å². The lowest BCUT2D eigenvalue weighted by Gasteiger charge is -2.07. The van der Waals surface area contributed by atoms with Crippen molar-refractivity contribution >= 4 is 0 Å². The Balaban J connectivity index is 2.25. The summed E-state index contributed by atoms with van der Waals surface area (Å²) < 4.78 is 1.63. The van der Waals surface area contributed by atoms with E-state index in [1.54, 1.807) is 4.68 Å². The maximum atomic E-state index is 11.8. The molecule has 0 unspecified atom stereocenters. The van der Waals surface area contributed by atoms with Gasteiger partial charge >= 0.3 is 0 Å². The van der Waals surface area contributed by atoms with Gasteiger partial charge in [-0.3, -0.25) is 14.6 Å². The van der Waals surface area contributed by atoms with Gasteiger partial charge in [-0.05, 0) is 32.1 Å². The van der Waals surface area contributed by atoms with Gasteiger partial charge in [-0.15, -0.1) is 0 Å². The van der Waals surface area contributed by atoms with E-state index in [4.69, 9.17) is 5.11 Å². The minimum absolute atomic E-state index is 0.119. The number of nitrogens with zero attached hydrogens (tertiary/aromatic N) is 1. The number of aromatic amines is 1. The molecule has 0 radical (unpaired) electrons. The van der Waals surface area contributed by atoms with Crippen LogP contribution in [0.25, 0.3) is 0 Å². The molecule has 14 heavy (non-hydrogen) atoms. The molecule has 1 aliphatic carbocycles. The van der Waals surface area contributed by atoms with E-state index in [9.17, 15) is 4.79 Å². The van der Waals surface area contributed by atoms with Crippen LogP contribution in [0, 0.1) is 0 Å². The topological polar surface area (TPSA) is 58.0 Å². The third kappa shape index (κ3) is 1.62. The number of aromatic nitrogens is 2. The third-order valence-electron chi connectivity index (χ3n) is 2.78. The largest absolute Gasteiger partial charge is 0.396 e. The Morgan fingerprint density at radius 2 is 2.14 bits per heavy atom. The summed E-state index contributed by atoms with van der Waals surface area (Å²) in [5, 5.41) is 11.8. The lowest BCUT2D eigenvalue weighted by molar-refractivity contribution is 0.276. The fourth-order valence-electron chi connectivity index (χ4n) is 2.03. The first-order chi connectivity index (χ1) is 6.83. The van der Waals surface area contributed by atoms with Crippen molar-refractivity contribution in [3.05, 3.63) is 21.6 Å². The van der Waals surface area contributed by atoms with Gasteiger partial charge in [0.2, 0.25) is 0 Å². The second-order valence-corrected chi connectivity index (χ2v) is 3.81. The van der Waals surface area contributed by atoms with Gasteiger partial charge in [0.05, 0.1) is 0 Å². The van der Waals surface area contributed by atoms with Crippen molar-refractivity contribution in [2.75, 3.05) is 6.61 Å². The van der Waals surface area contributed by atoms with E-state index in [1.807, 2.05) is 0 Å². The van der Waals surface area contributed by atoms with E-state index < -0.39 is 0 Å². The minimum atomic E-state index is 0.119. The zero-order valence-electron chi connectivity index (χ0n) is 8.25. The van der Waals surface area contributed by atoms with Gasteiger partial charge in [0.25, 0.3) is 5.56 Å². The quantitative estimate of drug-likeness (QED) is 0.737. The highest BCUT2D eigenvalue weighted by atomic mass is 16.3. The van der Waals surface area contributed by atoms with Crippen LogP contribution in [0.3, 0.4) is 0 Å². The number of aliphatic hydroxyl groups is 1. The smallest absolute Gasteiger partial charge is 0.269 e. The summed E-state index contributed by atoms with van der Waals surface area (Å²) in [7, 11) is 0. The van der Waals surface area contributed by atoms with Gasteiger partial charge in [0, 0.05) is 24.4 Å². The second-order valence-electron chi connectivity index (χ2n) is 3.81. The number of nitrogens with one attached hydrogen (secondary N) is 1. The van der Waals surface area contributed by atoms with E-state index in [1.165, 1.54) is 6.42 Å². The molecular weight excluding hydrogens is 180 g/mol. The van der Waals surface area contributed by atoms with Crippen molar-refractivity contribution in [2.45, 2.75) is 38.6 Å². The molecule has 0 amide bonds. The van der Waals surface area contributed by atoms with Gasteiger partial charge in [-0.2, -0.15) is 0 Å². The normalized spacial score (nSPS) is 15.5. The van der Waals surface area contributed by atoms with Gasteiger partial charge in [0.15, 0.2) is 0 Å². The first kappa shape index (κ1) is 9.52. The van der Waals surface area contributed by atoms with Gasteiger partial charge in [-0.1, -0.05) is 0 Å². The molecular formula is C10H16N2O2. The van der Waals surface area contributed by atoms with Crippen LogP contribution < -0.4 is 5.56 Å². The van der Waals surface area contributed by atoms with Crippen LogP contribution in [0.1, 0.15) is 30.5 Å². The fraction of sp³-hybridized carbons (Fsp3) is 0.700. The zero-order valence-corrected chi connectivity index (χ0v) is 8.25. The van der Waals surface area contributed by atoms with E-state index in [0.29, 0.717) is 13.0 Å². The Morgan fingerprint density at radius 3 is 2.86 bits per heavy atom. The molecule has 0 saturated heterocycles. The average molecular weight is 196 g/mol. The summed E-state index contributed by atoms with van der Waals surface area (Å²) in [5.41, 5.74) is 2.20. The molecule has 4 nitrogen and oxygen atoms in total. The fourth-order valence-corrected chi connectivity index (χ4v) is 2.03. The Bertz CT molecular complexity index is 365. The summed E-state index contributed by atoms with van der Waals surface area (Å²) in [6.07, 6.45) is 4.85. The maximum Gasteiger partial charge on any atom is 0.269 e. The number of rotatable bonds is 3. The predicted molar refractivity (Wildman–Crippen MR) is 53.4 cm³/mol. The molecule has 0 aliphatic heterocycles. The highest BCUT2D eigenvalue weighted by Gasteiger charge is 2.16. The van der Waals surface area contributed by atoms with Crippen LogP contribution in [-0.4, -0.2) is 21.5 Å². The molecule has 1 aliphatic rings. The van der Waals surface area contributed by atoms with Crippen LogP contribution in [-0.2, 0) is 19.4 Å². The maximum absolute atomic E-state index is 11.8. The summed E-state index contributed by atoms with van der Waals surface area (Å²) in [4.78, 5) is 11.8. The van der Waals surface area contributed by atoms with Gasteiger partial charge < -0.3 is 5.11 Å². The molecule has 0 bridgehead atoms. The number of fused-ring (bicyclic) bond motifs is 1. The minimum Gasteiger partial charge on any atom is -0.396 e. The van der Waals surface area contributed by atoms with Crippen molar-refractivity contribution in [1.29, 1.82) is 0 Å². The molecule has 2 N–H and O–H groups in total. The van der Waals surface area contributed by atoms with Crippen molar-refractivity contribution in [3.63, 3.8) is 0 Å². The van der Waals surface area contributed by atoms with Crippen LogP contribution in [0.4, 0.5) is 0 Å². The Hall–Kier alpha value is -1.03. The molecule has 2 rings (SSSR count). The summed E-state index contributed by atoms with van der Waals surface area (Å²) in [6, 6.07) is 0. The summed E-state index contributed by atoms with van der Waals surface area (Å²) in [6.45, 7) is 0.735. The predicted octanol–water partition coefficient (Wildman–Crippen LogP) is 0.438. The number of hydrogen-bond donors (Lipinski definition) is 2. The lowest BCUT2D eigenvalue weighted by atomic mass is 9.98. The van der Waals surface area contributed by atoms with Crippen LogP contribution in [0.5, 0.6) is 0 Å². The highest BCUT2D eigenvalue weighted by Crippen LogP contribution is 2.15. The summed E-state index contributed by atoms with van der Waals surface area (Å²) >= 11 is 0. The monoisotopic (exact) mass is 196 g/mol. The van der Waals surface area contributed by atoms with E-state index in [-0.39, 0.29) is 12.2 Å². The second kappa shape index (κ2) is 4.00. The molecule has 1 aromatic heterocycles. The van der Waals surface area contributed by atoms with Crippen molar-refractivity contribution in [2.24, 2.45) is 0 Å². The third-order valence-corrected chi connectivity index (χ3v) is 2.78. The molecule has 0 fully saturated rings. The Labute approximate surface area is 82.5 Å². The number of aliphatic hydroxyl groups excluding tert-OH is 1.